The van der Waals surface area contributed by atoms with Gasteiger partial charge in [-0.1, -0.05) is 20.8 Å². The highest BCUT2D eigenvalue weighted by atomic mass is 15.3. The summed E-state index contributed by atoms with van der Waals surface area (Å²) in [4.78, 5) is 5.61. The molecule has 4 rings (SSSR count). The molecule has 116 valence electrons. The van der Waals surface area contributed by atoms with Gasteiger partial charge in [0.05, 0.1) is 0 Å². The van der Waals surface area contributed by atoms with Crippen molar-refractivity contribution >= 4 is 0 Å². The van der Waals surface area contributed by atoms with Crippen molar-refractivity contribution < 1.29 is 0 Å². The highest BCUT2D eigenvalue weighted by Crippen LogP contribution is 2.33. The van der Waals surface area contributed by atoms with E-state index in [1.165, 1.54) is 58.4 Å². The minimum atomic E-state index is 0.716. The average molecular weight is 279 g/mol. The third-order valence-corrected chi connectivity index (χ3v) is 5.82. The molecule has 20 heavy (non-hydrogen) atoms. The number of rotatable bonds is 4. The Morgan fingerprint density at radius 1 is 1.15 bits per heavy atom. The first kappa shape index (κ1) is 14.8. The number of hydrogen-bond donors (Lipinski definition) is 1. The molecule has 4 aliphatic rings. The minimum absolute atomic E-state index is 0.716. The number of nitrogens with one attached hydrogen (secondary N) is 1. The summed E-state index contributed by atoms with van der Waals surface area (Å²) in [6, 6.07) is 2.33. The number of nitrogens with zero attached hydrogens (tertiary/aromatic N) is 2. The summed E-state index contributed by atoms with van der Waals surface area (Å²) in [6.07, 6.45) is 5.51. The van der Waals surface area contributed by atoms with Gasteiger partial charge >= 0.3 is 0 Å². The molecule has 2 bridgehead atoms. The lowest BCUT2D eigenvalue weighted by Gasteiger charge is -2.53. The first-order valence-corrected chi connectivity index (χ1v) is 8.88. The van der Waals surface area contributed by atoms with E-state index in [-0.39, 0.29) is 0 Å². The summed E-state index contributed by atoms with van der Waals surface area (Å²) in [5.41, 5.74) is 0. The van der Waals surface area contributed by atoms with E-state index < -0.39 is 0 Å². The largest absolute Gasteiger partial charge is 0.311 e. The van der Waals surface area contributed by atoms with Gasteiger partial charge in [0.25, 0.3) is 0 Å². The van der Waals surface area contributed by atoms with Crippen LogP contribution in [0.5, 0.6) is 0 Å². The highest BCUT2D eigenvalue weighted by Gasteiger charge is 2.41. The highest BCUT2D eigenvalue weighted by molar-refractivity contribution is 4.97. The molecule has 0 aromatic heterocycles. The molecular weight excluding hydrogens is 246 g/mol. The van der Waals surface area contributed by atoms with Crippen LogP contribution in [0.4, 0.5) is 0 Å². The molecule has 0 aromatic rings. The maximum atomic E-state index is 3.81. The van der Waals surface area contributed by atoms with E-state index in [2.05, 4.69) is 35.9 Å². The van der Waals surface area contributed by atoms with Crippen LogP contribution in [0.1, 0.15) is 46.5 Å². The Morgan fingerprint density at radius 2 is 1.90 bits per heavy atom. The second kappa shape index (κ2) is 6.33. The van der Waals surface area contributed by atoms with Crippen LogP contribution in [-0.4, -0.2) is 60.6 Å². The number of hydrogen-bond acceptors (Lipinski definition) is 3. The van der Waals surface area contributed by atoms with Crippen molar-refractivity contribution in [2.75, 3.05) is 32.7 Å². The first-order chi connectivity index (χ1) is 9.67. The lowest BCUT2D eigenvalue weighted by Crippen LogP contribution is -2.65. The molecule has 4 saturated heterocycles. The minimum Gasteiger partial charge on any atom is -0.311 e. The van der Waals surface area contributed by atoms with Crippen molar-refractivity contribution in [2.24, 2.45) is 11.8 Å². The van der Waals surface area contributed by atoms with Crippen LogP contribution in [0.25, 0.3) is 0 Å². The molecule has 0 aromatic carbocycles. The van der Waals surface area contributed by atoms with Gasteiger partial charge in [-0.25, -0.2) is 0 Å². The van der Waals surface area contributed by atoms with Gasteiger partial charge in [0.2, 0.25) is 0 Å². The van der Waals surface area contributed by atoms with E-state index in [4.69, 9.17) is 0 Å². The third-order valence-electron chi connectivity index (χ3n) is 5.82. The van der Waals surface area contributed by atoms with Crippen LogP contribution in [0, 0.1) is 11.8 Å². The van der Waals surface area contributed by atoms with Gasteiger partial charge in [-0.2, -0.15) is 0 Å². The van der Waals surface area contributed by atoms with E-state index in [0.717, 1.165) is 23.9 Å². The van der Waals surface area contributed by atoms with Gasteiger partial charge in [0.15, 0.2) is 0 Å². The zero-order valence-electron chi connectivity index (χ0n) is 13.6. The molecule has 0 saturated carbocycles. The van der Waals surface area contributed by atoms with Gasteiger partial charge in [0.1, 0.15) is 0 Å². The smallest absolute Gasteiger partial charge is 0.0256 e. The average Bonchev–Trinajstić information content (AvgIpc) is 2.47. The maximum absolute atomic E-state index is 3.81. The fourth-order valence-corrected chi connectivity index (χ4v) is 4.71. The van der Waals surface area contributed by atoms with Gasteiger partial charge in [-0.05, 0) is 50.6 Å². The molecule has 0 aliphatic carbocycles. The van der Waals surface area contributed by atoms with Crippen LogP contribution in [-0.2, 0) is 0 Å². The van der Waals surface area contributed by atoms with Crippen molar-refractivity contribution in [1.29, 1.82) is 0 Å². The molecule has 3 unspecified atom stereocenters. The van der Waals surface area contributed by atoms with Crippen LogP contribution < -0.4 is 5.32 Å². The Balaban J connectivity index is 1.67. The topological polar surface area (TPSA) is 18.5 Å². The van der Waals surface area contributed by atoms with Crippen LogP contribution in [0.3, 0.4) is 0 Å². The first-order valence-electron chi connectivity index (χ1n) is 8.88. The van der Waals surface area contributed by atoms with E-state index in [1.807, 2.05) is 0 Å². The Bertz CT molecular complexity index is 309. The van der Waals surface area contributed by atoms with E-state index >= 15 is 0 Å². The Hall–Kier alpha value is -0.120. The van der Waals surface area contributed by atoms with Crippen LogP contribution in [0.2, 0.25) is 0 Å². The van der Waals surface area contributed by atoms with Crippen molar-refractivity contribution in [3.8, 4) is 0 Å². The van der Waals surface area contributed by atoms with Crippen molar-refractivity contribution in [3.63, 3.8) is 0 Å². The fourth-order valence-electron chi connectivity index (χ4n) is 4.71. The molecule has 3 atom stereocenters. The Labute approximate surface area is 125 Å². The lowest BCUT2D eigenvalue weighted by atomic mass is 9.81. The molecule has 0 spiro atoms. The molecule has 4 fully saturated rings. The van der Waals surface area contributed by atoms with Crippen molar-refractivity contribution in [1.82, 2.24) is 15.1 Å². The van der Waals surface area contributed by atoms with E-state index in [0.29, 0.717) is 6.04 Å². The Morgan fingerprint density at radius 3 is 2.45 bits per heavy atom. The standard InChI is InChI=1S/C17H33N3/c1-4-16-10-18-15(9-13(2)3)11-20(16)17-12-19-7-5-14(17)6-8-19/h13-18H,4-12H2,1-3H3. The predicted octanol–water partition coefficient (Wildman–Crippen LogP) is 2.18. The number of fused-ring (bicyclic) bond motifs is 3. The second-order valence-corrected chi connectivity index (χ2v) is 7.70. The van der Waals surface area contributed by atoms with Crippen LogP contribution in [0.15, 0.2) is 0 Å². The SMILES string of the molecule is CCC1CNC(CC(C)C)CN1C1CN2CCC1CC2. The molecular formula is C17H33N3. The summed E-state index contributed by atoms with van der Waals surface area (Å²) in [7, 11) is 0. The quantitative estimate of drug-likeness (QED) is 0.851. The normalized spacial score (nSPS) is 42.3. The summed E-state index contributed by atoms with van der Waals surface area (Å²) < 4.78 is 0. The fraction of sp³-hybridized carbons (Fsp3) is 1.00. The molecule has 3 nitrogen and oxygen atoms in total. The van der Waals surface area contributed by atoms with E-state index in [9.17, 15) is 0 Å². The summed E-state index contributed by atoms with van der Waals surface area (Å²) >= 11 is 0. The zero-order chi connectivity index (χ0) is 14.1. The third kappa shape index (κ3) is 3.05. The summed E-state index contributed by atoms with van der Waals surface area (Å²) in [5, 5.41) is 3.81. The van der Waals surface area contributed by atoms with Crippen LogP contribution >= 0.6 is 0 Å². The zero-order valence-corrected chi connectivity index (χ0v) is 13.6. The van der Waals surface area contributed by atoms with Crippen molar-refractivity contribution in [3.05, 3.63) is 0 Å². The summed E-state index contributed by atoms with van der Waals surface area (Å²) in [5.74, 6) is 1.78. The predicted molar refractivity (Wildman–Crippen MR) is 85.0 cm³/mol. The van der Waals surface area contributed by atoms with Gasteiger partial charge in [-0.3, -0.25) is 4.90 Å². The molecule has 4 aliphatic heterocycles. The maximum Gasteiger partial charge on any atom is 0.0256 e. The molecule has 0 amide bonds. The van der Waals surface area contributed by atoms with Gasteiger partial charge in [-0.15, -0.1) is 0 Å². The monoisotopic (exact) mass is 279 g/mol. The van der Waals surface area contributed by atoms with Gasteiger partial charge < -0.3 is 10.2 Å². The number of piperidine rings is 3. The Kier molecular flexibility index (Phi) is 4.68. The molecule has 0 radical (unpaired) electrons. The number of piperazine rings is 1. The van der Waals surface area contributed by atoms with E-state index in [1.54, 1.807) is 0 Å². The lowest BCUT2D eigenvalue weighted by molar-refractivity contribution is -0.0324. The molecule has 4 heterocycles. The van der Waals surface area contributed by atoms with Crippen molar-refractivity contribution in [2.45, 2.75) is 64.6 Å². The molecule has 3 heteroatoms. The molecule has 1 N–H and O–H groups in total. The van der Waals surface area contributed by atoms with Gasteiger partial charge in [0, 0.05) is 37.8 Å². The second-order valence-electron chi connectivity index (χ2n) is 7.70. The summed E-state index contributed by atoms with van der Waals surface area (Å²) in [6.45, 7) is 13.6.